The molecule has 88 valence electrons. The highest BCUT2D eigenvalue weighted by Gasteiger charge is 2.31. The molecule has 1 aromatic rings. The molecule has 0 aliphatic rings. The Hall–Kier alpha value is -0.910. The molecule has 6 heteroatoms. The molecule has 1 nitrogen and oxygen atoms in total. The lowest BCUT2D eigenvalue weighted by molar-refractivity contribution is -0.137. The van der Waals surface area contributed by atoms with Gasteiger partial charge in [-0.05, 0) is 23.8 Å². The van der Waals surface area contributed by atoms with Crippen LogP contribution in [0, 0.1) is 5.82 Å². The molecule has 0 radical (unpaired) electrons. The van der Waals surface area contributed by atoms with Gasteiger partial charge in [0.2, 0.25) is 0 Å². The lowest BCUT2D eigenvalue weighted by Crippen LogP contribution is -2.09. The van der Waals surface area contributed by atoms with Gasteiger partial charge >= 0.3 is 6.18 Å². The summed E-state index contributed by atoms with van der Waals surface area (Å²) in [5.74, 6) is -1.18. The molecule has 0 unspecified atom stereocenters. The van der Waals surface area contributed by atoms with Crippen LogP contribution in [0.1, 0.15) is 11.1 Å². The van der Waals surface area contributed by atoms with E-state index in [1.54, 1.807) is 0 Å². The first kappa shape index (κ1) is 13.2. The van der Waals surface area contributed by atoms with Gasteiger partial charge in [-0.3, -0.25) is 4.79 Å². The van der Waals surface area contributed by atoms with Gasteiger partial charge in [0.25, 0.3) is 0 Å². The van der Waals surface area contributed by atoms with Crippen LogP contribution in [0.3, 0.4) is 0 Å². The van der Waals surface area contributed by atoms with Crippen LogP contribution < -0.4 is 0 Å². The molecule has 16 heavy (non-hydrogen) atoms. The standard InChI is InChI=1S/C10H7BrF4O/c11-5-8(16)4-6-3-7(10(13,14)15)1-2-9(6)12/h1-3H,4-5H2. The molecule has 0 spiro atoms. The molecular weight excluding hydrogens is 292 g/mol. The van der Waals surface area contributed by atoms with E-state index in [2.05, 4.69) is 15.9 Å². The molecule has 0 N–H and O–H groups in total. The van der Waals surface area contributed by atoms with Crippen molar-refractivity contribution in [2.75, 3.05) is 5.33 Å². The number of carbonyl (C=O) groups is 1. The fourth-order valence-electron chi connectivity index (χ4n) is 1.15. The van der Waals surface area contributed by atoms with Crippen molar-refractivity contribution in [2.45, 2.75) is 12.6 Å². The van der Waals surface area contributed by atoms with Gasteiger partial charge in [0.15, 0.2) is 0 Å². The monoisotopic (exact) mass is 298 g/mol. The maximum atomic E-state index is 13.1. The lowest BCUT2D eigenvalue weighted by atomic mass is 10.1. The van der Waals surface area contributed by atoms with Gasteiger partial charge in [0, 0.05) is 6.42 Å². The van der Waals surface area contributed by atoms with Crippen LogP contribution >= 0.6 is 15.9 Å². The minimum atomic E-state index is -4.53. The maximum absolute atomic E-state index is 13.1. The Morgan fingerprint density at radius 3 is 2.44 bits per heavy atom. The number of carbonyl (C=O) groups excluding carboxylic acids is 1. The van der Waals surface area contributed by atoms with Crippen molar-refractivity contribution in [3.63, 3.8) is 0 Å². The number of rotatable bonds is 3. The van der Waals surface area contributed by atoms with Crippen LogP contribution in [0.15, 0.2) is 18.2 Å². The molecule has 0 aliphatic heterocycles. The summed E-state index contributed by atoms with van der Waals surface area (Å²) in [6, 6.07) is 2.03. The number of ketones is 1. The third-order valence-electron chi connectivity index (χ3n) is 1.91. The van der Waals surface area contributed by atoms with Crippen molar-refractivity contribution in [3.8, 4) is 0 Å². The van der Waals surface area contributed by atoms with Crippen molar-refractivity contribution < 1.29 is 22.4 Å². The van der Waals surface area contributed by atoms with Crippen molar-refractivity contribution in [1.82, 2.24) is 0 Å². The van der Waals surface area contributed by atoms with E-state index in [4.69, 9.17) is 0 Å². The molecule has 0 bridgehead atoms. The second-order valence-corrected chi connectivity index (χ2v) is 3.71. The average molecular weight is 299 g/mol. The zero-order chi connectivity index (χ0) is 12.3. The van der Waals surface area contributed by atoms with Crippen molar-refractivity contribution in [2.24, 2.45) is 0 Å². The topological polar surface area (TPSA) is 17.1 Å². The van der Waals surface area contributed by atoms with Crippen molar-refractivity contribution in [1.29, 1.82) is 0 Å². The summed E-state index contributed by atoms with van der Waals surface area (Å²) in [7, 11) is 0. The van der Waals surface area contributed by atoms with Crippen LogP contribution in [0.5, 0.6) is 0 Å². The molecule has 1 rings (SSSR count). The van der Waals surface area contributed by atoms with Gasteiger partial charge in [0.1, 0.15) is 11.6 Å². The van der Waals surface area contributed by atoms with E-state index in [0.29, 0.717) is 12.1 Å². The van der Waals surface area contributed by atoms with Crippen molar-refractivity contribution >= 4 is 21.7 Å². The van der Waals surface area contributed by atoms with E-state index in [1.807, 2.05) is 0 Å². The first-order valence-corrected chi connectivity index (χ1v) is 5.40. The number of hydrogen-bond donors (Lipinski definition) is 0. The summed E-state index contributed by atoms with van der Waals surface area (Å²) in [6.07, 6.45) is -4.87. The van der Waals surface area contributed by atoms with Crippen LogP contribution in [0.4, 0.5) is 17.6 Å². The number of Topliss-reactive ketones (excluding diaryl/α,β-unsaturated/α-hetero) is 1. The molecule has 0 atom stereocenters. The summed E-state index contributed by atoms with van der Waals surface area (Å²) in [6.45, 7) is 0. The van der Waals surface area contributed by atoms with Crippen molar-refractivity contribution in [3.05, 3.63) is 35.1 Å². The fraction of sp³-hybridized carbons (Fsp3) is 0.300. The van der Waals surface area contributed by atoms with E-state index in [1.165, 1.54) is 0 Å². The SMILES string of the molecule is O=C(CBr)Cc1cc(C(F)(F)F)ccc1F. The summed E-state index contributed by atoms with van der Waals surface area (Å²) < 4.78 is 50.0. The Kier molecular flexibility index (Phi) is 4.07. The number of alkyl halides is 4. The Morgan fingerprint density at radius 1 is 1.31 bits per heavy atom. The average Bonchev–Trinajstić information content (AvgIpc) is 2.19. The number of benzene rings is 1. The van der Waals surface area contributed by atoms with Crippen LogP contribution in [-0.2, 0) is 17.4 Å². The molecule has 0 saturated carbocycles. The fourth-order valence-corrected chi connectivity index (χ4v) is 1.34. The summed E-state index contributed by atoms with van der Waals surface area (Å²) >= 11 is 2.86. The first-order chi connectivity index (χ1) is 7.34. The lowest BCUT2D eigenvalue weighted by Gasteiger charge is -2.09. The first-order valence-electron chi connectivity index (χ1n) is 4.28. The van der Waals surface area contributed by atoms with Gasteiger partial charge in [0.05, 0.1) is 10.9 Å². The maximum Gasteiger partial charge on any atom is 0.416 e. The predicted octanol–water partition coefficient (Wildman–Crippen LogP) is 3.35. The third kappa shape index (κ3) is 3.30. The molecule has 1 aromatic carbocycles. The second-order valence-electron chi connectivity index (χ2n) is 3.15. The van der Waals surface area contributed by atoms with Gasteiger partial charge in [-0.1, -0.05) is 15.9 Å². The Labute approximate surface area is 97.6 Å². The van der Waals surface area contributed by atoms with E-state index < -0.39 is 17.6 Å². The van der Waals surface area contributed by atoms with E-state index in [0.717, 1.165) is 6.07 Å². The predicted molar refractivity (Wildman–Crippen MR) is 53.9 cm³/mol. The van der Waals surface area contributed by atoms with Gasteiger partial charge in [-0.2, -0.15) is 13.2 Å². The molecular formula is C10H7BrF4O. The molecule has 0 amide bonds. The van der Waals surface area contributed by atoms with E-state index >= 15 is 0 Å². The summed E-state index contributed by atoms with van der Waals surface area (Å²) in [5, 5.41) is -0.0112. The third-order valence-corrected chi connectivity index (χ3v) is 2.54. The molecule has 0 aromatic heterocycles. The Balaban J connectivity index is 3.04. The zero-order valence-electron chi connectivity index (χ0n) is 7.94. The smallest absolute Gasteiger partial charge is 0.298 e. The van der Waals surface area contributed by atoms with E-state index in [-0.39, 0.29) is 23.1 Å². The molecule has 0 saturated heterocycles. The Bertz CT molecular complexity index is 400. The Morgan fingerprint density at radius 2 is 1.94 bits per heavy atom. The second kappa shape index (κ2) is 4.95. The summed E-state index contributed by atoms with van der Waals surface area (Å²) in [4.78, 5) is 11.0. The molecule has 0 fully saturated rings. The number of hydrogen-bond acceptors (Lipinski definition) is 1. The highest BCUT2D eigenvalue weighted by atomic mass is 79.9. The normalized spacial score (nSPS) is 11.6. The molecule has 0 heterocycles. The van der Waals surface area contributed by atoms with Gasteiger partial charge in [-0.25, -0.2) is 4.39 Å². The number of halogens is 5. The minimum absolute atomic E-state index is 0.0112. The summed E-state index contributed by atoms with van der Waals surface area (Å²) in [5.41, 5.74) is -1.19. The van der Waals surface area contributed by atoms with Gasteiger partial charge in [-0.15, -0.1) is 0 Å². The highest BCUT2D eigenvalue weighted by molar-refractivity contribution is 9.09. The van der Waals surface area contributed by atoms with Gasteiger partial charge < -0.3 is 0 Å². The van der Waals surface area contributed by atoms with Crippen LogP contribution in [0.25, 0.3) is 0 Å². The quantitative estimate of drug-likeness (QED) is 0.618. The zero-order valence-corrected chi connectivity index (χ0v) is 9.53. The molecule has 0 aliphatic carbocycles. The van der Waals surface area contributed by atoms with Crippen LogP contribution in [0.2, 0.25) is 0 Å². The largest absolute Gasteiger partial charge is 0.416 e. The minimum Gasteiger partial charge on any atom is -0.298 e. The van der Waals surface area contributed by atoms with E-state index in [9.17, 15) is 22.4 Å². The van der Waals surface area contributed by atoms with Crippen LogP contribution in [-0.4, -0.2) is 11.1 Å². The highest BCUT2D eigenvalue weighted by Crippen LogP contribution is 2.30.